The van der Waals surface area contributed by atoms with Crippen molar-refractivity contribution in [1.82, 2.24) is 15.0 Å². The third-order valence-electron chi connectivity index (χ3n) is 19.3. The quantitative estimate of drug-likeness (QED) is 0.118. The number of aryl methyl sites for hydroxylation is 1. The van der Waals surface area contributed by atoms with Crippen LogP contribution in [0.1, 0.15) is 68.0 Å². The largest absolute Gasteiger partial charge is 0.435 e. The lowest BCUT2D eigenvalue weighted by Crippen LogP contribution is -2.15. The van der Waals surface area contributed by atoms with E-state index in [1.807, 2.05) is 0 Å². The zero-order valence-corrected chi connectivity index (χ0v) is 49.3. The van der Waals surface area contributed by atoms with E-state index in [1.165, 1.54) is 66.2 Å². The highest BCUT2D eigenvalue weighted by molar-refractivity contribution is 6.23. The molecule has 0 spiro atoms. The Labute approximate surface area is 505 Å². The Morgan fingerprint density at radius 1 is 0.356 bits per heavy atom. The molecule has 87 heavy (non-hydrogen) atoms. The summed E-state index contributed by atoms with van der Waals surface area (Å²) in [5, 5.41) is 10.2. The maximum atomic E-state index is 6.79. The summed E-state index contributed by atoms with van der Waals surface area (Å²) < 4.78 is 6.79. The molecule has 0 amide bonds. The van der Waals surface area contributed by atoms with E-state index in [2.05, 4.69) is 284 Å². The highest BCUT2D eigenvalue weighted by atomic mass is 16.3. The van der Waals surface area contributed by atoms with Gasteiger partial charge in [-0.05, 0) is 150 Å². The number of hydrogen-bond donors (Lipinski definition) is 0. The van der Waals surface area contributed by atoms with Crippen LogP contribution in [0.15, 0.2) is 252 Å². The van der Waals surface area contributed by atoms with Gasteiger partial charge in [-0.3, -0.25) is 4.99 Å². The van der Waals surface area contributed by atoms with Gasteiger partial charge in [-0.25, -0.2) is 15.0 Å². The molecule has 0 N–H and O–H groups in total. The fourth-order valence-corrected chi connectivity index (χ4v) is 14.7. The van der Waals surface area contributed by atoms with E-state index in [9.17, 15) is 0 Å². The monoisotopic (exact) mass is 1110 g/mol. The summed E-state index contributed by atoms with van der Waals surface area (Å²) in [6.07, 6.45) is 0. The molecule has 5 heteroatoms. The van der Waals surface area contributed by atoms with Gasteiger partial charge in [0, 0.05) is 60.3 Å². The molecule has 2 heterocycles. The van der Waals surface area contributed by atoms with Crippen LogP contribution in [-0.4, -0.2) is 20.7 Å². The second-order valence-electron chi connectivity index (χ2n) is 24.9. The van der Waals surface area contributed by atoms with E-state index in [-0.39, 0.29) is 10.8 Å². The normalized spacial score (nSPS) is 13.9. The van der Waals surface area contributed by atoms with E-state index < -0.39 is 0 Å². The minimum Gasteiger partial charge on any atom is -0.435 e. The molecule has 17 rings (SSSR count). The van der Waals surface area contributed by atoms with Crippen LogP contribution in [0.3, 0.4) is 0 Å². The number of nitrogens with zero attached hydrogens (tertiary/aromatic N) is 4. The van der Waals surface area contributed by atoms with Crippen LogP contribution in [0.2, 0.25) is 0 Å². The van der Waals surface area contributed by atoms with Gasteiger partial charge in [0.05, 0.1) is 16.9 Å². The minimum absolute atomic E-state index is 0.175. The van der Waals surface area contributed by atoms with Gasteiger partial charge in [-0.2, -0.15) is 0 Å². The number of aliphatic imine (C=N–C) groups is 1. The van der Waals surface area contributed by atoms with Crippen molar-refractivity contribution in [2.24, 2.45) is 4.99 Å². The molecule has 0 aliphatic heterocycles. The summed E-state index contributed by atoms with van der Waals surface area (Å²) in [5.41, 5.74) is 24.8. The molecule has 5 nitrogen and oxygen atoms in total. The first kappa shape index (κ1) is 50.9. The molecule has 0 atom stereocenters. The number of benzene rings is 13. The molecule has 0 bridgehead atoms. The average Bonchev–Trinajstić information content (AvgIpc) is 2.46. The Balaban J connectivity index is 0.863. The summed E-state index contributed by atoms with van der Waals surface area (Å²) in [4.78, 5) is 22.0. The second-order valence-corrected chi connectivity index (χ2v) is 24.9. The molecule has 2 aromatic heterocycles. The molecule has 2 aliphatic rings. The van der Waals surface area contributed by atoms with Crippen LogP contribution in [-0.2, 0) is 10.8 Å². The first-order valence-corrected chi connectivity index (χ1v) is 30.2. The fourth-order valence-electron chi connectivity index (χ4n) is 14.7. The SMILES string of the molecule is C/C(=N\c1c(C)c2ccccc2c2ccccc12)c1ccc(-c2nc(-c3ccc(-c4nc5c6ccccc6c6ccccc6c5o4)cc3)c3cc(-c4ccc5c(c4)C(C)(C)c4ccccc4-5)cc(-c4ccc5c(c4)C(C)(C)c4ccccc4-5)c3n2)cc1. The molecule has 0 unspecified atom stereocenters. The third-order valence-corrected chi connectivity index (χ3v) is 19.3. The fraction of sp³-hybridized carbons (Fsp3) is 0.0976. The van der Waals surface area contributed by atoms with Gasteiger partial charge in [0.2, 0.25) is 5.89 Å². The molecule has 0 saturated carbocycles. The Hall–Kier alpha value is -10.6. The van der Waals surface area contributed by atoms with Gasteiger partial charge in [0.1, 0.15) is 5.52 Å². The van der Waals surface area contributed by atoms with Gasteiger partial charge in [0.15, 0.2) is 11.4 Å². The minimum atomic E-state index is -0.207. The van der Waals surface area contributed by atoms with E-state index in [0.717, 1.165) is 111 Å². The predicted molar refractivity (Wildman–Crippen MR) is 362 cm³/mol. The van der Waals surface area contributed by atoms with Crippen LogP contribution in [0.5, 0.6) is 0 Å². The van der Waals surface area contributed by atoms with Crippen molar-refractivity contribution in [3.05, 3.63) is 276 Å². The lowest BCUT2D eigenvalue weighted by Gasteiger charge is -2.23. The lowest BCUT2D eigenvalue weighted by molar-refractivity contribution is 0.623. The van der Waals surface area contributed by atoms with Crippen molar-refractivity contribution in [2.45, 2.75) is 52.4 Å². The summed E-state index contributed by atoms with van der Waals surface area (Å²) >= 11 is 0. The van der Waals surface area contributed by atoms with E-state index in [1.54, 1.807) is 0 Å². The number of hydrogen-bond acceptors (Lipinski definition) is 5. The van der Waals surface area contributed by atoms with Crippen molar-refractivity contribution < 1.29 is 4.42 Å². The average molecular weight is 1120 g/mol. The van der Waals surface area contributed by atoms with E-state index in [0.29, 0.717) is 11.7 Å². The van der Waals surface area contributed by atoms with Crippen LogP contribution < -0.4 is 0 Å². The molecule has 15 aromatic rings. The van der Waals surface area contributed by atoms with Gasteiger partial charge in [0.25, 0.3) is 0 Å². The smallest absolute Gasteiger partial charge is 0.227 e. The summed E-state index contributed by atoms with van der Waals surface area (Å²) in [6.45, 7) is 13.7. The first-order valence-electron chi connectivity index (χ1n) is 30.2. The lowest BCUT2D eigenvalue weighted by atomic mass is 9.81. The molecule has 0 fully saturated rings. The van der Waals surface area contributed by atoms with E-state index >= 15 is 0 Å². The summed E-state index contributed by atoms with van der Waals surface area (Å²) in [6, 6.07) is 88.0. The highest BCUT2D eigenvalue weighted by Gasteiger charge is 2.37. The molecule has 13 aromatic carbocycles. The highest BCUT2D eigenvalue weighted by Crippen LogP contribution is 2.53. The Morgan fingerprint density at radius 3 is 1.49 bits per heavy atom. The van der Waals surface area contributed by atoms with Gasteiger partial charge in [-0.15, -0.1) is 0 Å². The maximum absolute atomic E-state index is 6.79. The Bertz CT molecular complexity index is 5400. The van der Waals surface area contributed by atoms with Crippen LogP contribution in [0, 0.1) is 6.92 Å². The van der Waals surface area contributed by atoms with Crippen molar-refractivity contribution in [3.8, 4) is 78.6 Å². The number of rotatable bonds is 7. The van der Waals surface area contributed by atoms with Crippen LogP contribution in [0.25, 0.3) is 144 Å². The van der Waals surface area contributed by atoms with Crippen molar-refractivity contribution in [3.63, 3.8) is 0 Å². The Kier molecular flexibility index (Phi) is 11.1. The number of fused-ring (bicyclic) bond motifs is 16. The maximum Gasteiger partial charge on any atom is 0.227 e. The number of aromatic nitrogens is 3. The molecule has 0 saturated heterocycles. The van der Waals surface area contributed by atoms with Crippen molar-refractivity contribution in [2.75, 3.05) is 0 Å². The summed E-state index contributed by atoms with van der Waals surface area (Å²) in [5.74, 6) is 1.21. The second kappa shape index (κ2) is 18.9. The Morgan fingerprint density at radius 2 is 0.839 bits per heavy atom. The topological polar surface area (TPSA) is 64.2 Å². The third kappa shape index (κ3) is 7.71. The van der Waals surface area contributed by atoms with Crippen molar-refractivity contribution in [1.29, 1.82) is 0 Å². The zero-order chi connectivity index (χ0) is 58.4. The zero-order valence-electron chi connectivity index (χ0n) is 49.3. The van der Waals surface area contributed by atoms with Gasteiger partial charge >= 0.3 is 0 Å². The van der Waals surface area contributed by atoms with Gasteiger partial charge in [-0.1, -0.05) is 234 Å². The van der Waals surface area contributed by atoms with E-state index in [4.69, 9.17) is 24.4 Å². The molecule has 2 aliphatic carbocycles. The van der Waals surface area contributed by atoms with Crippen LogP contribution in [0.4, 0.5) is 5.69 Å². The molecule has 0 radical (unpaired) electrons. The first-order chi connectivity index (χ1) is 42.5. The molecular weight excluding hydrogens is 1060 g/mol. The van der Waals surface area contributed by atoms with Gasteiger partial charge < -0.3 is 4.42 Å². The number of oxazole rings is 1. The van der Waals surface area contributed by atoms with Crippen molar-refractivity contribution >= 4 is 76.5 Å². The standard InChI is InChI=1S/C82H58N4O/c1-47-56-19-7-8-20-57(56)58-21-9-12-26-65(58)74(47)83-48(2)49-31-35-51(36-32-49)79-84-75(50-33-37-52(38-34-50)80-86-77-66-27-13-10-22-59(66)60-23-11-14-28-67(60)78(77)87-80)69-44-55(53-39-41-63-61-24-15-17-29-70(61)81(3,4)72(63)45-53)43-68(76(69)85-79)54-40-42-64-62-25-16-18-30-71(62)82(5,6)73(64)46-54/h7-46H,1-6H3/b83-48+. The molecule has 412 valence electrons. The van der Waals surface area contributed by atoms with Crippen LogP contribution >= 0.6 is 0 Å². The molecular formula is C82H58N4O. The summed E-state index contributed by atoms with van der Waals surface area (Å²) in [7, 11) is 0. The predicted octanol–water partition coefficient (Wildman–Crippen LogP) is 21.8.